The second-order valence-corrected chi connectivity index (χ2v) is 3.93. The quantitative estimate of drug-likeness (QED) is 0.489. The van der Waals surface area contributed by atoms with Crippen LogP contribution in [0.25, 0.3) is 0 Å². The van der Waals surface area contributed by atoms with Gasteiger partial charge < -0.3 is 21.3 Å². The third kappa shape index (κ3) is 4.07. The van der Waals surface area contributed by atoms with Crippen LogP contribution in [0.2, 0.25) is 0 Å². The summed E-state index contributed by atoms with van der Waals surface area (Å²) in [6.45, 7) is 0. The van der Waals surface area contributed by atoms with Crippen molar-refractivity contribution in [1.29, 1.82) is 0 Å². The molecule has 0 aliphatic carbocycles. The Morgan fingerprint density at radius 1 is 1.47 bits per heavy atom. The minimum absolute atomic E-state index is 0.269. The van der Waals surface area contributed by atoms with Gasteiger partial charge in [0, 0.05) is 18.8 Å². The van der Waals surface area contributed by atoms with Gasteiger partial charge >= 0.3 is 11.9 Å². The van der Waals surface area contributed by atoms with Crippen molar-refractivity contribution in [2.24, 2.45) is 12.8 Å². The van der Waals surface area contributed by atoms with Crippen LogP contribution in [0.1, 0.15) is 18.0 Å². The lowest BCUT2D eigenvalue weighted by Crippen LogP contribution is -2.45. The normalized spacial score (nSPS) is 13.6. The van der Waals surface area contributed by atoms with Crippen molar-refractivity contribution in [2.45, 2.75) is 18.5 Å². The largest absolute Gasteiger partial charge is 0.481 e. The summed E-state index contributed by atoms with van der Waals surface area (Å²) in [7, 11) is 1.60. The number of hydrogen-bond donors (Lipinski definition) is 4. The number of nitrogens with two attached hydrogens (primary N) is 1. The summed E-state index contributed by atoms with van der Waals surface area (Å²) in [6.07, 6.45) is 2.15. The van der Waals surface area contributed by atoms with Crippen molar-refractivity contribution in [3.05, 3.63) is 18.0 Å². The zero-order valence-electron chi connectivity index (χ0n) is 10.1. The van der Waals surface area contributed by atoms with E-state index in [9.17, 15) is 14.4 Å². The summed E-state index contributed by atoms with van der Waals surface area (Å²) in [5, 5.41) is 23.5. The maximum Gasteiger partial charge on any atom is 0.331 e. The van der Waals surface area contributed by atoms with Crippen molar-refractivity contribution >= 4 is 17.8 Å². The number of carbonyl (C=O) groups excluding carboxylic acids is 1. The first kappa shape index (κ1) is 14.6. The lowest BCUT2D eigenvalue weighted by atomic mass is 10.1. The fraction of sp³-hybridized carbons (Fsp3) is 0.400. The number of nitrogens with one attached hydrogen (secondary N) is 1. The Balaban J connectivity index is 2.77. The first-order chi connectivity index (χ1) is 8.81. The molecule has 0 saturated heterocycles. The van der Waals surface area contributed by atoms with Crippen LogP contribution < -0.4 is 11.1 Å². The molecule has 5 N–H and O–H groups in total. The molecule has 0 bridgehead atoms. The predicted octanol–water partition coefficient (Wildman–Crippen LogP) is -1.54. The van der Waals surface area contributed by atoms with Gasteiger partial charge in [0.2, 0.25) is 5.91 Å². The van der Waals surface area contributed by atoms with E-state index in [1.54, 1.807) is 7.05 Å². The van der Waals surface area contributed by atoms with Crippen molar-refractivity contribution in [1.82, 2.24) is 15.1 Å². The molecule has 0 saturated carbocycles. The number of aryl methyl sites for hydroxylation is 1. The summed E-state index contributed by atoms with van der Waals surface area (Å²) in [5.41, 5.74) is 5.61. The van der Waals surface area contributed by atoms with Gasteiger partial charge in [-0.05, 0) is 0 Å². The van der Waals surface area contributed by atoms with Gasteiger partial charge in [0.25, 0.3) is 0 Å². The monoisotopic (exact) mass is 270 g/mol. The molecule has 9 nitrogen and oxygen atoms in total. The molecule has 19 heavy (non-hydrogen) atoms. The second-order valence-electron chi connectivity index (χ2n) is 3.93. The molecule has 1 amide bonds. The van der Waals surface area contributed by atoms with Crippen LogP contribution in [0.5, 0.6) is 0 Å². The lowest BCUT2D eigenvalue weighted by Gasteiger charge is -2.15. The molecule has 9 heteroatoms. The number of nitrogens with zero attached hydrogens (tertiary/aromatic N) is 2. The van der Waals surface area contributed by atoms with E-state index in [4.69, 9.17) is 15.9 Å². The number of amides is 1. The van der Waals surface area contributed by atoms with Crippen LogP contribution in [0.4, 0.5) is 0 Å². The number of carboxylic acid groups (broad SMARTS) is 2. The minimum atomic E-state index is -1.32. The number of hydrogen-bond acceptors (Lipinski definition) is 5. The topological polar surface area (TPSA) is 148 Å². The summed E-state index contributed by atoms with van der Waals surface area (Å²) < 4.78 is 1.38. The van der Waals surface area contributed by atoms with Gasteiger partial charge in [0.05, 0.1) is 18.7 Å². The Morgan fingerprint density at radius 3 is 2.53 bits per heavy atom. The lowest BCUT2D eigenvalue weighted by molar-refractivity contribution is -0.142. The minimum Gasteiger partial charge on any atom is -0.481 e. The average molecular weight is 270 g/mol. The highest BCUT2D eigenvalue weighted by Gasteiger charge is 2.26. The first-order valence-electron chi connectivity index (χ1n) is 5.30. The second kappa shape index (κ2) is 5.96. The van der Waals surface area contributed by atoms with Gasteiger partial charge in [-0.1, -0.05) is 0 Å². The number of rotatable bonds is 6. The zero-order chi connectivity index (χ0) is 14.6. The molecule has 104 valence electrons. The molecule has 1 rings (SSSR count). The van der Waals surface area contributed by atoms with Crippen LogP contribution in [0, 0.1) is 0 Å². The van der Waals surface area contributed by atoms with E-state index in [-0.39, 0.29) is 5.56 Å². The Morgan fingerprint density at radius 2 is 2.11 bits per heavy atom. The number of carbonyl (C=O) groups is 3. The first-order valence-corrected chi connectivity index (χ1v) is 5.30. The molecule has 0 aliphatic heterocycles. The zero-order valence-corrected chi connectivity index (χ0v) is 10.1. The standard InChI is InChI=1S/C10H14N4O5/c1-14-4-5(3-12-14)8(10(18)19)13-9(17)6(11)2-7(15)16/h3-4,6,8H,2,11H2,1H3,(H,13,17)(H,15,16)(H,18,19). The number of aromatic nitrogens is 2. The molecule has 1 heterocycles. The third-order valence-electron chi connectivity index (χ3n) is 2.32. The smallest absolute Gasteiger partial charge is 0.331 e. The molecule has 0 aliphatic rings. The van der Waals surface area contributed by atoms with Crippen LogP contribution in [0.3, 0.4) is 0 Å². The average Bonchev–Trinajstić information content (AvgIpc) is 2.70. The maximum atomic E-state index is 11.6. The van der Waals surface area contributed by atoms with E-state index in [0.29, 0.717) is 0 Å². The van der Waals surface area contributed by atoms with E-state index in [1.807, 2.05) is 0 Å². The summed E-state index contributed by atoms with van der Waals surface area (Å²) in [6, 6.07) is -2.63. The highest BCUT2D eigenvalue weighted by atomic mass is 16.4. The van der Waals surface area contributed by atoms with Gasteiger partial charge in [0.15, 0.2) is 6.04 Å². The third-order valence-corrected chi connectivity index (χ3v) is 2.32. The Labute approximate surface area is 108 Å². The molecule has 2 atom stereocenters. The summed E-state index contributed by atoms with van der Waals surface area (Å²) in [4.78, 5) is 33.1. The number of aliphatic carboxylic acids is 2. The van der Waals surface area contributed by atoms with E-state index < -0.39 is 36.4 Å². The highest BCUT2D eigenvalue weighted by Crippen LogP contribution is 2.12. The fourth-order valence-electron chi connectivity index (χ4n) is 1.41. The van der Waals surface area contributed by atoms with Crippen LogP contribution in [0.15, 0.2) is 12.4 Å². The van der Waals surface area contributed by atoms with E-state index in [2.05, 4.69) is 10.4 Å². The van der Waals surface area contributed by atoms with Gasteiger partial charge in [-0.2, -0.15) is 5.10 Å². The summed E-state index contributed by atoms with van der Waals surface area (Å²) in [5.74, 6) is -3.38. The van der Waals surface area contributed by atoms with Crippen molar-refractivity contribution in [3.8, 4) is 0 Å². The highest BCUT2D eigenvalue weighted by molar-refractivity contribution is 5.89. The van der Waals surface area contributed by atoms with Crippen LogP contribution >= 0.6 is 0 Å². The number of carboxylic acids is 2. The fourth-order valence-corrected chi connectivity index (χ4v) is 1.41. The molecule has 2 unspecified atom stereocenters. The van der Waals surface area contributed by atoms with Gasteiger partial charge in [-0.15, -0.1) is 0 Å². The van der Waals surface area contributed by atoms with Gasteiger partial charge in [0.1, 0.15) is 0 Å². The maximum absolute atomic E-state index is 11.6. The molecule has 0 spiro atoms. The predicted molar refractivity (Wildman–Crippen MR) is 62.0 cm³/mol. The Hall–Kier alpha value is -2.42. The van der Waals surface area contributed by atoms with Crippen LogP contribution in [-0.4, -0.2) is 43.9 Å². The van der Waals surface area contributed by atoms with E-state index in [1.165, 1.54) is 17.1 Å². The molecule has 0 aromatic carbocycles. The molecular formula is C10H14N4O5. The van der Waals surface area contributed by atoms with Gasteiger partial charge in [-0.25, -0.2) is 4.79 Å². The SMILES string of the molecule is Cn1cc(C(NC(=O)C(N)CC(=O)O)C(=O)O)cn1. The van der Waals surface area contributed by atoms with E-state index in [0.717, 1.165) is 0 Å². The molecular weight excluding hydrogens is 256 g/mol. The molecule has 0 fully saturated rings. The molecule has 1 aromatic rings. The van der Waals surface area contributed by atoms with Gasteiger partial charge in [-0.3, -0.25) is 14.3 Å². The van der Waals surface area contributed by atoms with Crippen LogP contribution in [-0.2, 0) is 21.4 Å². The Bertz CT molecular complexity index is 498. The summed E-state index contributed by atoms with van der Waals surface area (Å²) >= 11 is 0. The molecule has 0 radical (unpaired) electrons. The van der Waals surface area contributed by atoms with Crippen molar-refractivity contribution in [3.63, 3.8) is 0 Å². The van der Waals surface area contributed by atoms with E-state index >= 15 is 0 Å². The molecule has 1 aromatic heterocycles. The van der Waals surface area contributed by atoms with Crippen molar-refractivity contribution < 1.29 is 24.6 Å². The van der Waals surface area contributed by atoms with Crippen molar-refractivity contribution in [2.75, 3.05) is 0 Å². The Kier molecular flexibility index (Phi) is 4.59.